The Kier molecular flexibility index (Phi) is 25.1. The molecule has 6 heteroatoms. The molecule has 0 radical (unpaired) electrons. The van der Waals surface area contributed by atoms with Gasteiger partial charge in [0.1, 0.15) is 0 Å². The van der Waals surface area contributed by atoms with Gasteiger partial charge < -0.3 is 14.6 Å². The van der Waals surface area contributed by atoms with Gasteiger partial charge in [-0.25, -0.2) is 14.4 Å². The zero-order chi connectivity index (χ0) is 29.0. The molecule has 0 fully saturated rings. The summed E-state index contributed by atoms with van der Waals surface area (Å²) in [6.07, 6.45) is 22.8. The third-order valence-electron chi connectivity index (χ3n) is 6.50. The zero-order valence-electron chi connectivity index (χ0n) is 24.7. The number of carbonyl (C=O) groups is 3. The van der Waals surface area contributed by atoms with Crippen molar-refractivity contribution in [1.29, 1.82) is 0 Å². The average Bonchev–Trinajstić information content (AvgIpc) is 2.95. The molecule has 39 heavy (non-hydrogen) atoms. The number of unbranched alkanes of at least 4 members (excludes halogenated alkanes) is 16. The molecule has 1 aromatic carbocycles. The molecule has 0 aliphatic rings. The van der Waals surface area contributed by atoms with E-state index in [0.29, 0.717) is 24.3 Å². The van der Waals surface area contributed by atoms with Crippen LogP contribution in [-0.4, -0.2) is 36.2 Å². The van der Waals surface area contributed by atoms with Crippen molar-refractivity contribution in [2.75, 3.05) is 13.2 Å². The standard InChI is InChI=1S/C30H50O4.C3H4O2/c1-3-5-7-9-11-13-15-17-21-25-33-29(31)27-23-19-20-24-28(27)30(32)34-26-22-18-16-14-12-10-8-6-4-2;1-2-3(4)5/h19-20,23-24H,3-18,21-22,25-26H2,1-2H3;2H,1H2,(H,4,5). The summed E-state index contributed by atoms with van der Waals surface area (Å²) in [7, 11) is 0. The predicted molar refractivity (Wildman–Crippen MR) is 159 cm³/mol. The fourth-order valence-electron chi connectivity index (χ4n) is 4.15. The minimum absolute atomic E-state index is 0.301. The smallest absolute Gasteiger partial charge is 0.339 e. The lowest BCUT2D eigenvalue weighted by molar-refractivity contribution is -0.131. The minimum Gasteiger partial charge on any atom is -0.478 e. The van der Waals surface area contributed by atoms with Crippen LogP contribution in [0.25, 0.3) is 0 Å². The molecule has 0 aliphatic carbocycles. The van der Waals surface area contributed by atoms with E-state index in [0.717, 1.165) is 31.8 Å². The maximum atomic E-state index is 12.5. The number of carboxylic acids is 1. The van der Waals surface area contributed by atoms with Crippen LogP contribution >= 0.6 is 0 Å². The van der Waals surface area contributed by atoms with Crippen LogP contribution in [0.5, 0.6) is 0 Å². The van der Waals surface area contributed by atoms with Gasteiger partial charge >= 0.3 is 17.9 Å². The van der Waals surface area contributed by atoms with E-state index in [1.54, 1.807) is 24.3 Å². The van der Waals surface area contributed by atoms with Crippen molar-refractivity contribution in [3.63, 3.8) is 0 Å². The van der Waals surface area contributed by atoms with E-state index in [4.69, 9.17) is 14.6 Å². The van der Waals surface area contributed by atoms with Crippen LogP contribution in [-0.2, 0) is 14.3 Å². The molecule has 0 amide bonds. The average molecular weight is 547 g/mol. The molecule has 0 aliphatic heterocycles. The molecule has 0 heterocycles. The molecule has 1 N–H and O–H groups in total. The van der Waals surface area contributed by atoms with E-state index in [-0.39, 0.29) is 0 Å². The highest BCUT2D eigenvalue weighted by molar-refractivity contribution is 6.03. The van der Waals surface area contributed by atoms with Crippen LogP contribution in [0, 0.1) is 0 Å². The summed E-state index contributed by atoms with van der Waals surface area (Å²) in [5.41, 5.74) is 0.603. The molecule has 222 valence electrons. The van der Waals surface area contributed by atoms with Gasteiger partial charge in [-0.1, -0.05) is 135 Å². The number of aliphatic carboxylic acids is 1. The summed E-state index contributed by atoms with van der Waals surface area (Å²) in [6, 6.07) is 6.81. The Labute approximate surface area is 237 Å². The molecule has 0 saturated heterocycles. The predicted octanol–water partition coefficient (Wildman–Crippen LogP) is 9.32. The Bertz CT molecular complexity index is 718. The second-order valence-corrected chi connectivity index (χ2v) is 10.0. The summed E-state index contributed by atoms with van der Waals surface area (Å²) in [5, 5.41) is 7.60. The van der Waals surface area contributed by atoms with Crippen molar-refractivity contribution in [2.45, 2.75) is 129 Å². The van der Waals surface area contributed by atoms with Gasteiger partial charge in [0.15, 0.2) is 0 Å². The third-order valence-corrected chi connectivity index (χ3v) is 6.50. The lowest BCUT2D eigenvalue weighted by Crippen LogP contribution is -2.15. The molecule has 1 rings (SSSR count). The first kappa shape index (κ1) is 36.4. The molecule has 0 aromatic heterocycles. The molecule has 0 saturated carbocycles. The number of rotatable bonds is 23. The van der Waals surface area contributed by atoms with E-state index in [1.165, 1.54) is 89.9 Å². The number of benzene rings is 1. The summed E-state index contributed by atoms with van der Waals surface area (Å²) in [5.74, 6) is -1.85. The van der Waals surface area contributed by atoms with Crippen molar-refractivity contribution in [2.24, 2.45) is 0 Å². The van der Waals surface area contributed by atoms with Crippen LogP contribution in [0.3, 0.4) is 0 Å². The second-order valence-electron chi connectivity index (χ2n) is 10.0. The quantitative estimate of drug-likeness (QED) is 0.0835. The maximum absolute atomic E-state index is 12.5. The van der Waals surface area contributed by atoms with E-state index >= 15 is 0 Å². The Morgan fingerprint density at radius 2 is 0.897 bits per heavy atom. The van der Waals surface area contributed by atoms with Crippen LogP contribution in [0.15, 0.2) is 36.9 Å². The van der Waals surface area contributed by atoms with Gasteiger partial charge in [0.05, 0.1) is 24.3 Å². The highest BCUT2D eigenvalue weighted by atomic mass is 16.5. The van der Waals surface area contributed by atoms with Gasteiger partial charge in [-0.3, -0.25) is 0 Å². The van der Waals surface area contributed by atoms with E-state index < -0.39 is 17.9 Å². The molecule has 6 nitrogen and oxygen atoms in total. The van der Waals surface area contributed by atoms with E-state index in [9.17, 15) is 14.4 Å². The first-order valence-corrected chi connectivity index (χ1v) is 15.3. The zero-order valence-corrected chi connectivity index (χ0v) is 24.7. The third kappa shape index (κ3) is 21.9. The highest BCUT2D eigenvalue weighted by Gasteiger charge is 2.18. The van der Waals surface area contributed by atoms with Gasteiger partial charge in [-0.05, 0) is 25.0 Å². The fraction of sp³-hybridized carbons (Fsp3) is 0.667. The number of hydrogen-bond acceptors (Lipinski definition) is 5. The van der Waals surface area contributed by atoms with Crippen molar-refractivity contribution >= 4 is 17.9 Å². The SMILES string of the molecule is C=CC(=O)O.CCCCCCCCCCCOC(=O)c1ccccc1C(=O)OCCCCCCCCCCC. The molecular formula is C33H54O6. The minimum atomic E-state index is -0.981. The fourth-order valence-corrected chi connectivity index (χ4v) is 4.15. The van der Waals surface area contributed by atoms with E-state index in [2.05, 4.69) is 20.4 Å². The molecule has 0 spiro atoms. The number of hydrogen-bond donors (Lipinski definition) is 1. The van der Waals surface area contributed by atoms with Crippen LogP contribution in [0.4, 0.5) is 0 Å². The normalized spacial score (nSPS) is 10.3. The monoisotopic (exact) mass is 546 g/mol. The first-order valence-electron chi connectivity index (χ1n) is 15.3. The van der Waals surface area contributed by atoms with Crippen molar-refractivity contribution in [3.05, 3.63) is 48.0 Å². The molecule has 1 aromatic rings. The number of esters is 2. The Morgan fingerprint density at radius 3 is 1.18 bits per heavy atom. The van der Waals surface area contributed by atoms with Crippen molar-refractivity contribution < 1.29 is 29.0 Å². The highest BCUT2D eigenvalue weighted by Crippen LogP contribution is 2.15. The lowest BCUT2D eigenvalue weighted by atomic mass is 10.1. The van der Waals surface area contributed by atoms with Crippen LogP contribution in [0.2, 0.25) is 0 Å². The number of carbonyl (C=O) groups excluding carboxylic acids is 2. The van der Waals surface area contributed by atoms with Gasteiger partial charge in [0, 0.05) is 6.08 Å². The molecule has 0 unspecified atom stereocenters. The molecule has 0 bridgehead atoms. The van der Waals surface area contributed by atoms with Gasteiger partial charge in [0.25, 0.3) is 0 Å². The van der Waals surface area contributed by atoms with Gasteiger partial charge in [-0.2, -0.15) is 0 Å². The first-order chi connectivity index (χ1) is 19.0. The van der Waals surface area contributed by atoms with Crippen LogP contribution < -0.4 is 0 Å². The largest absolute Gasteiger partial charge is 0.478 e. The molecular weight excluding hydrogens is 492 g/mol. The van der Waals surface area contributed by atoms with Gasteiger partial charge in [0.2, 0.25) is 0 Å². The molecule has 0 atom stereocenters. The Morgan fingerprint density at radius 1 is 0.615 bits per heavy atom. The Hall–Kier alpha value is -2.63. The second kappa shape index (κ2) is 27.0. The van der Waals surface area contributed by atoms with Gasteiger partial charge in [-0.15, -0.1) is 0 Å². The topological polar surface area (TPSA) is 89.9 Å². The van der Waals surface area contributed by atoms with E-state index in [1.807, 2.05) is 0 Å². The van der Waals surface area contributed by atoms with Crippen LogP contribution in [0.1, 0.15) is 150 Å². The maximum Gasteiger partial charge on any atom is 0.339 e. The summed E-state index contributed by atoms with van der Waals surface area (Å²) >= 11 is 0. The number of ether oxygens (including phenoxy) is 2. The Balaban J connectivity index is 0.00000263. The lowest BCUT2D eigenvalue weighted by Gasteiger charge is -2.10. The van der Waals surface area contributed by atoms with Crippen molar-refractivity contribution in [1.82, 2.24) is 0 Å². The van der Waals surface area contributed by atoms with Crippen molar-refractivity contribution in [3.8, 4) is 0 Å². The summed E-state index contributed by atoms with van der Waals surface area (Å²) in [6.45, 7) is 8.23. The summed E-state index contributed by atoms with van der Waals surface area (Å²) < 4.78 is 10.9. The summed E-state index contributed by atoms with van der Waals surface area (Å²) in [4.78, 5) is 34.3. The number of carboxylic acid groups (broad SMARTS) is 1.